The Morgan fingerprint density at radius 1 is 1.50 bits per heavy atom. The average molecular weight is 166 g/mol. The Labute approximate surface area is 70.2 Å². The van der Waals surface area contributed by atoms with Crippen molar-refractivity contribution in [3.8, 4) is 0 Å². The summed E-state index contributed by atoms with van der Waals surface area (Å²) in [5.74, 6) is -0.369. The molecule has 0 aliphatic heterocycles. The van der Waals surface area contributed by atoms with Gasteiger partial charge in [-0.05, 0) is 24.1 Å². The first kappa shape index (κ1) is 8.67. The minimum atomic E-state index is -0.369. The summed E-state index contributed by atoms with van der Waals surface area (Å²) in [6.45, 7) is 0. The van der Waals surface area contributed by atoms with Crippen LogP contribution in [0.5, 0.6) is 0 Å². The van der Waals surface area contributed by atoms with E-state index in [2.05, 4.69) is 4.98 Å². The first-order valence-corrected chi connectivity index (χ1v) is 3.65. The van der Waals surface area contributed by atoms with Crippen LogP contribution < -0.4 is 5.48 Å². The standard InChI is InChI=1S/C8H10N2O2/c11-8(10-12)2-1-7-3-5-9-6-4-7/h3-6,12H,1-2H2,(H,10,11). The summed E-state index contributed by atoms with van der Waals surface area (Å²) in [4.78, 5) is 14.5. The maximum absolute atomic E-state index is 10.6. The fourth-order valence-electron chi connectivity index (χ4n) is 0.863. The van der Waals surface area contributed by atoms with Gasteiger partial charge in [-0.1, -0.05) is 0 Å². The predicted molar refractivity (Wildman–Crippen MR) is 42.5 cm³/mol. The number of nitrogens with zero attached hydrogens (tertiary/aromatic N) is 1. The number of aromatic nitrogens is 1. The maximum Gasteiger partial charge on any atom is 0.243 e. The largest absolute Gasteiger partial charge is 0.289 e. The van der Waals surface area contributed by atoms with Gasteiger partial charge < -0.3 is 0 Å². The number of rotatable bonds is 3. The SMILES string of the molecule is O=C(CCc1ccncc1)NO. The maximum atomic E-state index is 10.6. The molecule has 1 aromatic heterocycles. The van der Waals surface area contributed by atoms with Crippen molar-refractivity contribution in [3.05, 3.63) is 30.1 Å². The molecule has 0 fully saturated rings. The van der Waals surface area contributed by atoms with Crippen LogP contribution in [0, 0.1) is 0 Å². The molecule has 0 spiro atoms. The normalized spacial score (nSPS) is 9.42. The van der Waals surface area contributed by atoms with Gasteiger partial charge in [0.1, 0.15) is 0 Å². The molecule has 2 N–H and O–H groups in total. The van der Waals surface area contributed by atoms with Crippen LogP contribution in [0.4, 0.5) is 0 Å². The number of hydrogen-bond donors (Lipinski definition) is 2. The summed E-state index contributed by atoms with van der Waals surface area (Å²) in [7, 11) is 0. The number of amides is 1. The number of carbonyl (C=O) groups is 1. The first-order valence-electron chi connectivity index (χ1n) is 3.65. The third-order valence-corrected chi connectivity index (χ3v) is 1.51. The lowest BCUT2D eigenvalue weighted by molar-refractivity contribution is -0.129. The van der Waals surface area contributed by atoms with Crippen LogP contribution >= 0.6 is 0 Å². The van der Waals surface area contributed by atoms with Gasteiger partial charge in [-0.25, -0.2) is 5.48 Å². The van der Waals surface area contributed by atoms with E-state index in [1.807, 2.05) is 12.1 Å². The van der Waals surface area contributed by atoms with E-state index in [9.17, 15) is 4.79 Å². The lowest BCUT2D eigenvalue weighted by Gasteiger charge is -1.98. The van der Waals surface area contributed by atoms with Crippen molar-refractivity contribution in [2.75, 3.05) is 0 Å². The lowest BCUT2D eigenvalue weighted by atomic mass is 10.1. The molecule has 1 rings (SSSR count). The van der Waals surface area contributed by atoms with Gasteiger partial charge in [0, 0.05) is 18.8 Å². The molecule has 1 heterocycles. The first-order chi connectivity index (χ1) is 5.83. The van der Waals surface area contributed by atoms with Crippen molar-refractivity contribution in [1.29, 1.82) is 0 Å². The fourth-order valence-corrected chi connectivity index (χ4v) is 0.863. The highest BCUT2D eigenvalue weighted by molar-refractivity contribution is 5.74. The molecule has 0 bridgehead atoms. The third kappa shape index (κ3) is 2.67. The zero-order chi connectivity index (χ0) is 8.81. The molecule has 0 aliphatic rings. The van der Waals surface area contributed by atoms with Gasteiger partial charge in [0.25, 0.3) is 0 Å². The second-order valence-electron chi connectivity index (χ2n) is 2.39. The molecule has 0 unspecified atom stereocenters. The van der Waals surface area contributed by atoms with E-state index < -0.39 is 0 Å². The van der Waals surface area contributed by atoms with Gasteiger partial charge in [-0.3, -0.25) is 15.0 Å². The number of pyridine rings is 1. The van der Waals surface area contributed by atoms with Gasteiger partial charge in [-0.15, -0.1) is 0 Å². The summed E-state index contributed by atoms with van der Waals surface area (Å²) in [5.41, 5.74) is 2.62. The summed E-state index contributed by atoms with van der Waals surface area (Å²) < 4.78 is 0. The van der Waals surface area contributed by atoms with E-state index >= 15 is 0 Å². The molecule has 0 saturated heterocycles. The molecule has 1 aromatic rings. The van der Waals surface area contributed by atoms with E-state index in [4.69, 9.17) is 5.21 Å². The fraction of sp³-hybridized carbons (Fsp3) is 0.250. The zero-order valence-corrected chi connectivity index (χ0v) is 6.53. The summed E-state index contributed by atoms with van der Waals surface area (Å²) in [6.07, 6.45) is 4.26. The molecule has 0 saturated carbocycles. The number of hydroxylamine groups is 1. The third-order valence-electron chi connectivity index (χ3n) is 1.51. The van der Waals surface area contributed by atoms with Crippen LogP contribution in [0.1, 0.15) is 12.0 Å². The minimum Gasteiger partial charge on any atom is -0.289 e. The summed E-state index contributed by atoms with van der Waals surface area (Å²) >= 11 is 0. The molecule has 0 atom stereocenters. The monoisotopic (exact) mass is 166 g/mol. The summed E-state index contributed by atoms with van der Waals surface area (Å²) in [5, 5.41) is 8.20. The van der Waals surface area contributed by atoms with E-state index in [1.54, 1.807) is 17.9 Å². The molecule has 64 valence electrons. The van der Waals surface area contributed by atoms with E-state index in [0.29, 0.717) is 12.8 Å². The second kappa shape index (κ2) is 4.46. The topological polar surface area (TPSA) is 62.2 Å². The van der Waals surface area contributed by atoms with Crippen LogP contribution in [-0.2, 0) is 11.2 Å². The Hall–Kier alpha value is -1.42. The van der Waals surface area contributed by atoms with Crippen LogP contribution in [0.25, 0.3) is 0 Å². The van der Waals surface area contributed by atoms with Gasteiger partial charge in [0.2, 0.25) is 5.91 Å². The Bertz CT molecular complexity index is 248. The van der Waals surface area contributed by atoms with Crippen LogP contribution in [0.15, 0.2) is 24.5 Å². The molecule has 4 heteroatoms. The van der Waals surface area contributed by atoms with Gasteiger partial charge in [0.15, 0.2) is 0 Å². The quantitative estimate of drug-likeness (QED) is 0.508. The highest BCUT2D eigenvalue weighted by Gasteiger charge is 1.98. The number of nitrogens with one attached hydrogen (secondary N) is 1. The molecule has 0 aliphatic carbocycles. The van der Waals surface area contributed by atoms with Crippen LogP contribution in [0.3, 0.4) is 0 Å². The Kier molecular flexibility index (Phi) is 3.22. The predicted octanol–water partition coefficient (Wildman–Crippen LogP) is 0.520. The second-order valence-corrected chi connectivity index (χ2v) is 2.39. The Balaban J connectivity index is 2.38. The minimum absolute atomic E-state index is 0.292. The van der Waals surface area contributed by atoms with E-state index in [-0.39, 0.29) is 5.91 Å². The van der Waals surface area contributed by atoms with E-state index in [0.717, 1.165) is 5.56 Å². The van der Waals surface area contributed by atoms with Crippen molar-refractivity contribution < 1.29 is 10.0 Å². The van der Waals surface area contributed by atoms with Gasteiger partial charge >= 0.3 is 0 Å². The molecular formula is C8H10N2O2. The smallest absolute Gasteiger partial charge is 0.243 e. The van der Waals surface area contributed by atoms with Crippen molar-refractivity contribution in [3.63, 3.8) is 0 Å². The zero-order valence-electron chi connectivity index (χ0n) is 6.53. The van der Waals surface area contributed by atoms with Gasteiger partial charge in [0.05, 0.1) is 0 Å². The highest BCUT2D eigenvalue weighted by Crippen LogP contribution is 1.99. The molecule has 0 radical (unpaired) electrons. The average Bonchev–Trinajstić information content (AvgIpc) is 2.16. The highest BCUT2D eigenvalue weighted by atomic mass is 16.5. The molecule has 0 aromatic carbocycles. The number of carbonyl (C=O) groups excluding carboxylic acids is 1. The number of hydrogen-bond acceptors (Lipinski definition) is 3. The number of aryl methyl sites for hydroxylation is 1. The molecule has 12 heavy (non-hydrogen) atoms. The summed E-state index contributed by atoms with van der Waals surface area (Å²) in [6, 6.07) is 3.68. The van der Waals surface area contributed by atoms with Crippen molar-refractivity contribution in [2.45, 2.75) is 12.8 Å². The Morgan fingerprint density at radius 2 is 2.17 bits per heavy atom. The van der Waals surface area contributed by atoms with Crippen molar-refractivity contribution in [2.24, 2.45) is 0 Å². The van der Waals surface area contributed by atoms with Crippen molar-refractivity contribution in [1.82, 2.24) is 10.5 Å². The van der Waals surface area contributed by atoms with Crippen LogP contribution in [0.2, 0.25) is 0 Å². The van der Waals surface area contributed by atoms with Gasteiger partial charge in [-0.2, -0.15) is 0 Å². The molecule has 4 nitrogen and oxygen atoms in total. The van der Waals surface area contributed by atoms with Crippen molar-refractivity contribution >= 4 is 5.91 Å². The van der Waals surface area contributed by atoms with E-state index in [1.165, 1.54) is 0 Å². The molecular weight excluding hydrogens is 156 g/mol. The van der Waals surface area contributed by atoms with Crippen LogP contribution in [-0.4, -0.2) is 16.1 Å². The lowest BCUT2D eigenvalue weighted by Crippen LogP contribution is -2.18. The Morgan fingerprint density at radius 3 is 2.75 bits per heavy atom. The molecule has 1 amide bonds.